The summed E-state index contributed by atoms with van der Waals surface area (Å²) in [6.45, 7) is 10.4. The Labute approximate surface area is 118 Å². The molecule has 0 amide bonds. The van der Waals surface area contributed by atoms with Gasteiger partial charge in [-0.15, -0.1) is 0 Å². The van der Waals surface area contributed by atoms with Crippen molar-refractivity contribution in [2.45, 2.75) is 57.0 Å². The Morgan fingerprint density at radius 1 is 1.32 bits per heavy atom. The largest absolute Gasteiger partial charge is 0.379 e. The van der Waals surface area contributed by atoms with Gasteiger partial charge in [-0.2, -0.15) is 0 Å². The lowest BCUT2D eigenvalue weighted by Gasteiger charge is -2.48. The molecule has 1 saturated carbocycles. The zero-order valence-corrected chi connectivity index (χ0v) is 12.7. The highest BCUT2D eigenvalue weighted by atomic mass is 16.5. The second-order valence-electron chi connectivity index (χ2n) is 6.06. The van der Waals surface area contributed by atoms with Gasteiger partial charge in [0.15, 0.2) is 0 Å². The number of hydrogen-bond donors (Lipinski definition) is 1. The van der Waals surface area contributed by atoms with E-state index in [0.29, 0.717) is 11.6 Å². The summed E-state index contributed by atoms with van der Waals surface area (Å²) < 4.78 is 5.54. The maximum Gasteiger partial charge on any atom is 0.0594 e. The van der Waals surface area contributed by atoms with Crippen LogP contribution >= 0.6 is 0 Å². The highest BCUT2D eigenvalue weighted by Gasteiger charge is 2.45. The predicted octanol–water partition coefficient (Wildman–Crippen LogP) is 2.58. The number of ether oxygens (including phenoxy) is 1. The average Bonchev–Trinajstić information content (AvgIpc) is 2.96. The first-order valence-corrected chi connectivity index (χ1v) is 7.89. The molecule has 0 aromatic rings. The first-order chi connectivity index (χ1) is 9.23. The molecule has 1 saturated heterocycles. The third kappa shape index (κ3) is 3.21. The lowest BCUT2D eigenvalue weighted by Crippen LogP contribution is -2.61. The third-order valence-electron chi connectivity index (χ3n) is 5.10. The summed E-state index contributed by atoms with van der Waals surface area (Å²) in [7, 11) is 2.12. The molecule has 1 unspecified atom stereocenters. The van der Waals surface area contributed by atoms with Crippen molar-refractivity contribution in [1.29, 1.82) is 0 Å². The van der Waals surface area contributed by atoms with Gasteiger partial charge in [0.05, 0.1) is 13.2 Å². The van der Waals surface area contributed by atoms with E-state index < -0.39 is 0 Å². The number of morpholine rings is 1. The number of rotatable bonds is 6. The number of hydrogen-bond acceptors (Lipinski definition) is 3. The molecule has 0 spiro atoms. The molecular weight excluding hydrogens is 236 g/mol. The Kier molecular flexibility index (Phi) is 5.43. The van der Waals surface area contributed by atoms with Crippen molar-refractivity contribution in [3.8, 4) is 0 Å². The predicted molar refractivity (Wildman–Crippen MR) is 80.5 cm³/mol. The molecule has 2 rings (SSSR count). The molecule has 2 aliphatic rings. The van der Waals surface area contributed by atoms with Crippen LogP contribution in [0.4, 0.5) is 0 Å². The van der Waals surface area contributed by atoms with Crippen molar-refractivity contribution >= 4 is 0 Å². The van der Waals surface area contributed by atoms with Crippen LogP contribution in [0.3, 0.4) is 0 Å². The van der Waals surface area contributed by atoms with E-state index in [2.05, 4.69) is 30.8 Å². The highest BCUT2D eigenvalue weighted by Crippen LogP contribution is 2.40. The van der Waals surface area contributed by atoms with Gasteiger partial charge in [0.25, 0.3) is 0 Å². The van der Waals surface area contributed by atoms with E-state index in [-0.39, 0.29) is 0 Å². The molecule has 1 N–H and O–H groups in total. The second kappa shape index (κ2) is 6.87. The maximum absolute atomic E-state index is 5.54. The molecule has 1 aliphatic heterocycles. The molecule has 3 heteroatoms. The van der Waals surface area contributed by atoms with Crippen molar-refractivity contribution in [3.63, 3.8) is 0 Å². The Balaban J connectivity index is 2.13. The van der Waals surface area contributed by atoms with Gasteiger partial charge in [0, 0.05) is 24.7 Å². The van der Waals surface area contributed by atoms with E-state index in [1.807, 2.05) is 0 Å². The zero-order chi connectivity index (χ0) is 13.7. The third-order valence-corrected chi connectivity index (χ3v) is 5.10. The molecule has 0 aromatic heterocycles. The average molecular weight is 266 g/mol. The number of nitrogens with zero attached hydrogens (tertiary/aromatic N) is 1. The molecule has 110 valence electrons. The minimum Gasteiger partial charge on any atom is -0.379 e. The molecule has 2 fully saturated rings. The van der Waals surface area contributed by atoms with Gasteiger partial charge in [-0.25, -0.2) is 0 Å². The van der Waals surface area contributed by atoms with Crippen LogP contribution in [0.25, 0.3) is 0 Å². The number of nitrogens with one attached hydrogen (secondary N) is 1. The lowest BCUT2D eigenvalue weighted by atomic mass is 9.82. The molecule has 19 heavy (non-hydrogen) atoms. The minimum absolute atomic E-state index is 0.344. The fraction of sp³-hybridized carbons (Fsp3) is 0.875. The van der Waals surface area contributed by atoms with Crippen molar-refractivity contribution in [2.24, 2.45) is 0 Å². The molecule has 0 bridgehead atoms. The monoisotopic (exact) mass is 266 g/mol. The van der Waals surface area contributed by atoms with Crippen LogP contribution in [0.1, 0.15) is 45.4 Å². The van der Waals surface area contributed by atoms with Crippen molar-refractivity contribution < 1.29 is 4.74 Å². The fourth-order valence-corrected chi connectivity index (χ4v) is 3.87. The Morgan fingerprint density at radius 3 is 2.47 bits per heavy atom. The zero-order valence-electron chi connectivity index (χ0n) is 12.7. The van der Waals surface area contributed by atoms with E-state index >= 15 is 0 Å². The summed E-state index contributed by atoms with van der Waals surface area (Å²) in [4.78, 5) is 2.70. The molecule has 1 atom stereocenters. The van der Waals surface area contributed by atoms with E-state index in [9.17, 15) is 0 Å². The standard InChI is InChI=1S/C16H30N2O/c1-4-14(2)13-15(17-3)16(7-5-6-8-16)18-9-11-19-12-10-18/h15,17H,2,4-13H2,1,3H3. The second-order valence-corrected chi connectivity index (χ2v) is 6.06. The van der Waals surface area contributed by atoms with Gasteiger partial charge in [-0.1, -0.05) is 31.9 Å². The van der Waals surface area contributed by atoms with Crippen LogP contribution in [0, 0.1) is 0 Å². The highest BCUT2D eigenvalue weighted by molar-refractivity contribution is 5.09. The molecule has 0 radical (unpaired) electrons. The molecule has 1 heterocycles. The molecule has 1 aliphatic carbocycles. The quantitative estimate of drug-likeness (QED) is 0.748. The maximum atomic E-state index is 5.54. The van der Waals surface area contributed by atoms with Crippen LogP contribution in [-0.2, 0) is 4.74 Å². The van der Waals surface area contributed by atoms with Crippen molar-refractivity contribution in [1.82, 2.24) is 10.2 Å². The van der Waals surface area contributed by atoms with Gasteiger partial charge in [-0.05, 0) is 32.7 Å². The van der Waals surface area contributed by atoms with E-state index in [4.69, 9.17) is 4.74 Å². The lowest BCUT2D eigenvalue weighted by molar-refractivity contribution is -0.0347. The first kappa shape index (κ1) is 15.0. The summed E-state index contributed by atoms with van der Waals surface area (Å²) in [6, 6.07) is 0.542. The molecule has 3 nitrogen and oxygen atoms in total. The normalized spacial score (nSPS) is 25.4. The summed E-state index contributed by atoms with van der Waals surface area (Å²) in [5.41, 5.74) is 1.72. The Bertz CT molecular complexity index is 291. The number of likely N-dealkylation sites (N-methyl/N-ethyl adjacent to an activating group) is 1. The van der Waals surface area contributed by atoms with Crippen LogP contribution < -0.4 is 5.32 Å². The Hall–Kier alpha value is -0.380. The minimum atomic E-state index is 0.344. The molecular formula is C16H30N2O. The summed E-state index contributed by atoms with van der Waals surface area (Å²) in [6.07, 6.45) is 7.61. The Morgan fingerprint density at radius 2 is 1.95 bits per heavy atom. The summed E-state index contributed by atoms with van der Waals surface area (Å²) in [5, 5.41) is 3.60. The van der Waals surface area contributed by atoms with Crippen molar-refractivity contribution in [3.05, 3.63) is 12.2 Å². The first-order valence-electron chi connectivity index (χ1n) is 7.89. The van der Waals surface area contributed by atoms with Gasteiger partial charge in [0.1, 0.15) is 0 Å². The van der Waals surface area contributed by atoms with Crippen molar-refractivity contribution in [2.75, 3.05) is 33.4 Å². The molecule has 0 aromatic carbocycles. The van der Waals surface area contributed by atoms with Gasteiger partial charge < -0.3 is 10.1 Å². The van der Waals surface area contributed by atoms with E-state index in [1.165, 1.54) is 31.3 Å². The SMILES string of the molecule is C=C(CC)CC(NC)C1(N2CCOCC2)CCCC1. The van der Waals surface area contributed by atoms with E-state index in [0.717, 1.165) is 39.1 Å². The topological polar surface area (TPSA) is 24.5 Å². The van der Waals surface area contributed by atoms with Gasteiger partial charge in [-0.3, -0.25) is 4.90 Å². The van der Waals surface area contributed by atoms with Crippen LogP contribution in [0.2, 0.25) is 0 Å². The van der Waals surface area contributed by atoms with Crippen LogP contribution in [-0.4, -0.2) is 49.8 Å². The fourth-order valence-electron chi connectivity index (χ4n) is 3.87. The van der Waals surface area contributed by atoms with Crippen LogP contribution in [0.15, 0.2) is 12.2 Å². The summed E-state index contributed by atoms with van der Waals surface area (Å²) in [5.74, 6) is 0. The summed E-state index contributed by atoms with van der Waals surface area (Å²) >= 11 is 0. The van der Waals surface area contributed by atoms with Crippen LogP contribution in [0.5, 0.6) is 0 Å². The van der Waals surface area contributed by atoms with Gasteiger partial charge in [0.2, 0.25) is 0 Å². The smallest absolute Gasteiger partial charge is 0.0594 e. The van der Waals surface area contributed by atoms with E-state index in [1.54, 1.807) is 0 Å². The van der Waals surface area contributed by atoms with Gasteiger partial charge >= 0.3 is 0 Å².